The predicted octanol–water partition coefficient (Wildman–Crippen LogP) is 6.43. The number of hydrogen-bond acceptors (Lipinski definition) is 9. The van der Waals surface area contributed by atoms with Crippen LogP contribution in [-0.2, 0) is 24.3 Å². The second-order valence-corrected chi connectivity index (χ2v) is 13.7. The van der Waals surface area contributed by atoms with Gasteiger partial charge in [-0.05, 0) is 74.3 Å². The van der Waals surface area contributed by atoms with Gasteiger partial charge >= 0.3 is 5.97 Å². The molecule has 0 aliphatic carbocycles. The van der Waals surface area contributed by atoms with Crippen LogP contribution in [0.5, 0.6) is 0 Å². The largest absolute Gasteiger partial charge is 0.481 e. The zero-order valence-corrected chi connectivity index (χ0v) is 27.3. The first-order chi connectivity index (χ1) is 22.1. The number of amides is 1. The van der Waals surface area contributed by atoms with E-state index in [-0.39, 0.29) is 11.8 Å². The zero-order chi connectivity index (χ0) is 32.1. The summed E-state index contributed by atoms with van der Waals surface area (Å²) in [5.74, 6) is -0.891. The second kappa shape index (κ2) is 12.2. The molecule has 5 aromatic rings. The number of carboxylic acid groups (broad SMARTS) is 1. The number of fused-ring (bicyclic) bond motifs is 2. The van der Waals surface area contributed by atoms with Crippen LogP contribution in [0.2, 0.25) is 5.02 Å². The number of likely N-dealkylation sites (N-methyl/N-ethyl adjacent to an activating group) is 1. The van der Waals surface area contributed by atoms with Crippen molar-refractivity contribution in [2.24, 2.45) is 5.92 Å². The van der Waals surface area contributed by atoms with E-state index in [0.29, 0.717) is 52.2 Å². The molecule has 10 nitrogen and oxygen atoms in total. The number of nitrogens with one attached hydrogen (secondary N) is 1. The number of carbonyl (C=O) groups is 2. The lowest BCUT2D eigenvalue weighted by molar-refractivity contribution is -0.141. The molecule has 2 N–H and O–H groups in total. The summed E-state index contributed by atoms with van der Waals surface area (Å²) < 4.78 is 6.19. The molecule has 46 heavy (non-hydrogen) atoms. The van der Waals surface area contributed by atoms with Crippen molar-refractivity contribution in [1.29, 1.82) is 0 Å². The molecule has 7 rings (SSSR count). The average Bonchev–Trinajstić information content (AvgIpc) is 3.77. The summed E-state index contributed by atoms with van der Waals surface area (Å²) in [5.41, 5.74) is 8.23. The van der Waals surface area contributed by atoms with Crippen molar-refractivity contribution in [1.82, 2.24) is 24.8 Å². The van der Waals surface area contributed by atoms with Crippen molar-refractivity contribution < 1.29 is 19.1 Å². The molecule has 3 aromatic heterocycles. The topological polar surface area (TPSA) is 125 Å². The lowest BCUT2D eigenvalue weighted by Crippen LogP contribution is -2.25. The fraction of sp³-hybridized carbons (Fsp3) is 0.324. The Kier molecular flexibility index (Phi) is 8.10. The molecule has 236 valence electrons. The van der Waals surface area contributed by atoms with Gasteiger partial charge in [0.05, 0.1) is 22.2 Å². The molecular weight excluding hydrogens is 624 g/mol. The van der Waals surface area contributed by atoms with E-state index in [4.69, 9.17) is 21.0 Å². The highest BCUT2D eigenvalue weighted by Gasteiger charge is 2.28. The average molecular weight is 657 g/mol. The van der Waals surface area contributed by atoms with Gasteiger partial charge in [0.1, 0.15) is 5.52 Å². The van der Waals surface area contributed by atoms with Crippen molar-refractivity contribution in [3.05, 3.63) is 80.0 Å². The second-order valence-electron chi connectivity index (χ2n) is 12.2. The summed E-state index contributed by atoms with van der Waals surface area (Å²) in [4.78, 5) is 44.1. The lowest BCUT2D eigenvalue weighted by atomic mass is 9.95. The summed E-state index contributed by atoms with van der Waals surface area (Å²) >= 11 is 8.11. The van der Waals surface area contributed by atoms with Crippen LogP contribution in [0.25, 0.3) is 33.7 Å². The third-order valence-electron chi connectivity index (χ3n) is 8.97. The zero-order valence-electron chi connectivity index (χ0n) is 25.8. The summed E-state index contributed by atoms with van der Waals surface area (Å²) in [5, 5.41) is 13.4. The minimum Gasteiger partial charge on any atom is -0.481 e. The van der Waals surface area contributed by atoms with Crippen LogP contribution in [0.4, 0.5) is 5.69 Å². The molecule has 1 atom stereocenters. The van der Waals surface area contributed by atoms with Crippen molar-refractivity contribution in [2.45, 2.75) is 39.8 Å². The number of pyridine rings is 1. The molecule has 1 amide bonds. The van der Waals surface area contributed by atoms with E-state index in [9.17, 15) is 14.7 Å². The maximum atomic E-state index is 13.2. The summed E-state index contributed by atoms with van der Waals surface area (Å²) in [6.07, 6.45) is 5.04. The highest BCUT2D eigenvalue weighted by Crippen LogP contribution is 2.37. The molecule has 0 bridgehead atoms. The first-order valence-electron chi connectivity index (χ1n) is 15.2. The quantitative estimate of drug-likeness (QED) is 0.204. The minimum absolute atomic E-state index is 0.208. The van der Waals surface area contributed by atoms with Gasteiger partial charge in [-0.2, -0.15) is 0 Å². The van der Waals surface area contributed by atoms with Gasteiger partial charge in [0.2, 0.25) is 5.89 Å². The minimum atomic E-state index is -0.753. The molecule has 1 saturated heterocycles. The number of anilines is 1. The van der Waals surface area contributed by atoms with Gasteiger partial charge in [0.15, 0.2) is 10.6 Å². The van der Waals surface area contributed by atoms with Crippen LogP contribution in [0.15, 0.2) is 47.1 Å². The van der Waals surface area contributed by atoms with Gasteiger partial charge in [-0.25, -0.2) is 9.97 Å². The number of carbonyl (C=O) groups excluding carboxylic acids is 1. The number of carboxylic acids is 1. The Labute approximate surface area is 275 Å². The number of rotatable bonds is 7. The molecule has 1 unspecified atom stereocenters. The highest BCUT2D eigenvalue weighted by molar-refractivity contribution is 7.13. The first kappa shape index (κ1) is 30.5. The summed E-state index contributed by atoms with van der Waals surface area (Å²) in [7, 11) is 2.08. The fourth-order valence-electron chi connectivity index (χ4n) is 6.36. The number of oxazole rings is 1. The van der Waals surface area contributed by atoms with E-state index in [0.717, 1.165) is 70.0 Å². The number of likely N-dealkylation sites (tertiary alicyclic amines) is 1. The number of thiazole rings is 1. The van der Waals surface area contributed by atoms with Gasteiger partial charge in [0, 0.05) is 61.1 Å². The Bertz CT molecular complexity index is 2010. The molecule has 12 heteroatoms. The number of benzene rings is 2. The number of halogens is 1. The third kappa shape index (κ3) is 5.79. The number of aliphatic carboxylic acids is 1. The van der Waals surface area contributed by atoms with Crippen LogP contribution in [0.1, 0.15) is 43.5 Å². The maximum Gasteiger partial charge on any atom is 0.307 e. The lowest BCUT2D eigenvalue weighted by Gasteiger charge is -2.20. The van der Waals surface area contributed by atoms with E-state index in [2.05, 4.69) is 32.1 Å². The first-order valence-corrected chi connectivity index (χ1v) is 16.4. The standard InChI is InChI=1S/C34H33ClN6O4S/c1-18-23(22-5-4-6-26(19(22)2)37-31(42)33-39-27-8-9-40(3)17-29(27)46-33)13-36-14-24(18)32-38-28-12-20(11-25(35)30(28)45-32)15-41-10-7-21(16-41)34(43)44/h4-6,11-14,21H,7-10,15-17H2,1-3H3,(H,37,42)(H,43,44). The Balaban J connectivity index is 1.15. The third-order valence-corrected chi connectivity index (χ3v) is 10.3. The van der Waals surface area contributed by atoms with Crippen molar-refractivity contribution in [2.75, 3.05) is 32.0 Å². The Hall–Kier alpha value is -4.16. The maximum absolute atomic E-state index is 13.2. The SMILES string of the molecule is Cc1c(NC(=O)c2nc3c(s2)CN(C)CC3)cccc1-c1cncc(-c2nc3cc(CN4CCC(C(=O)O)C4)cc(Cl)c3o2)c1C. The normalized spacial score (nSPS) is 17.0. The molecule has 5 heterocycles. The van der Waals surface area contributed by atoms with Gasteiger partial charge in [0.25, 0.3) is 5.91 Å². The van der Waals surface area contributed by atoms with E-state index < -0.39 is 5.97 Å². The molecule has 2 aliphatic rings. The van der Waals surface area contributed by atoms with Crippen LogP contribution >= 0.6 is 22.9 Å². The van der Waals surface area contributed by atoms with E-state index in [1.54, 1.807) is 6.20 Å². The Morgan fingerprint density at radius 3 is 2.74 bits per heavy atom. The Morgan fingerprint density at radius 2 is 1.93 bits per heavy atom. The molecule has 2 aromatic carbocycles. The van der Waals surface area contributed by atoms with Crippen LogP contribution in [0, 0.1) is 19.8 Å². The van der Waals surface area contributed by atoms with Gasteiger partial charge in [-0.15, -0.1) is 11.3 Å². The molecule has 2 aliphatic heterocycles. The number of nitrogens with zero attached hydrogens (tertiary/aromatic N) is 5. The van der Waals surface area contributed by atoms with E-state index in [1.165, 1.54) is 11.3 Å². The van der Waals surface area contributed by atoms with E-state index in [1.807, 2.05) is 50.4 Å². The highest BCUT2D eigenvalue weighted by atomic mass is 35.5. The summed E-state index contributed by atoms with van der Waals surface area (Å²) in [6.45, 7) is 7.58. The molecule has 0 spiro atoms. The predicted molar refractivity (Wildman–Crippen MR) is 178 cm³/mol. The molecule has 0 saturated carbocycles. The Morgan fingerprint density at radius 1 is 1.11 bits per heavy atom. The van der Waals surface area contributed by atoms with Gasteiger partial charge in [-0.3, -0.25) is 19.5 Å². The van der Waals surface area contributed by atoms with Crippen molar-refractivity contribution >= 4 is 51.6 Å². The molecular formula is C34H33ClN6O4S. The van der Waals surface area contributed by atoms with Crippen molar-refractivity contribution in [3.8, 4) is 22.6 Å². The van der Waals surface area contributed by atoms with Gasteiger partial charge in [-0.1, -0.05) is 23.7 Å². The van der Waals surface area contributed by atoms with E-state index >= 15 is 0 Å². The fourth-order valence-corrected chi connectivity index (χ4v) is 7.72. The van der Waals surface area contributed by atoms with Crippen LogP contribution in [-0.4, -0.2) is 68.4 Å². The number of hydrogen-bond donors (Lipinski definition) is 2. The molecule has 0 radical (unpaired) electrons. The summed E-state index contributed by atoms with van der Waals surface area (Å²) in [6, 6.07) is 9.64. The van der Waals surface area contributed by atoms with Gasteiger partial charge < -0.3 is 19.7 Å². The van der Waals surface area contributed by atoms with Crippen molar-refractivity contribution in [3.63, 3.8) is 0 Å². The van der Waals surface area contributed by atoms with Crippen LogP contribution < -0.4 is 5.32 Å². The smallest absolute Gasteiger partial charge is 0.307 e. The monoisotopic (exact) mass is 656 g/mol. The number of aromatic nitrogens is 3. The van der Waals surface area contributed by atoms with Crippen LogP contribution in [0.3, 0.4) is 0 Å². The molecule has 1 fully saturated rings.